The van der Waals surface area contributed by atoms with E-state index >= 15 is 0 Å². The number of unbranched alkanes of at least 4 members (excludes halogenated alkanes) is 8. The molecular formula is C28H37N4O2. The molecule has 1 aliphatic rings. The van der Waals surface area contributed by atoms with Gasteiger partial charge in [0, 0.05) is 32.1 Å². The van der Waals surface area contributed by atoms with Crippen molar-refractivity contribution in [2.45, 2.75) is 70.6 Å². The number of hydrogen-bond donors (Lipinski definition) is 0. The first-order valence-electron chi connectivity index (χ1n) is 12.6. The number of amides is 2. The minimum atomic E-state index is -0.152. The first-order valence-corrected chi connectivity index (χ1v) is 12.6. The first kappa shape index (κ1) is 25.6. The maximum Gasteiger partial charge on any atom is 0.234 e. The summed E-state index contributed by atoms with van der Waals surface area (Å²) in [5.74, 6) is -0.305. The Bertz CT molecular complexity index is 922. The van der Waals surface area contributed by atoms with Crippen LogP contribution in [0.2, 0.25) is 0 Å². The number of azo groups is 1. The lowest BCUT2D eigenvalue weighted by molar-refractivity contribution is -0.121. The normalized spacial score (nSPS) is 13.9. The highest BCUT2D eigenvalue weighted by atomic mass is 16.2. The van der Waals surface area contributed by atoms with Gasteiger partial charge in [-0.25, -0.2) is 0 Å². The van der Waals surface area contributed by atoms with Crippen molar-refractivity contribution in [1.82, 2.24) is 0 Å². The monoisotopic (exact) mass is 461 g/mol. The van der Waals surface area contributed by atoms with Crippen LogP contribution in [0, 0.1) is 6.92 Å². The minimum absolute atomic E-state index is 0.152. The number of hydrogen-bond acceptors (Lipinski definition) is 5. The van der Waals surface area contributed by atoms with Gasteiger partial charge in [-0.05, 0) is 55.0 Å². The molecule has 0 saturated carbocycles. The second-order valence-electron chi connectivity index (χ2n) is 8.96. The van der Waals surface area contributed by atoms with Crippen LogP contribution in [0.4, 0.5) is 22.7 Å². The molecule has 0 aliphatic carbocycles. The second kappa shape index (κ2) is 13.6. The summed E-state index contributed by atoms with van der Waals surface area (Å²) in [6, 6.07) is 15.1. The predicted molar refractivity (Wildman–Crippen MR) is 139 cm³/mol. The molecule has 181 valence electrons. The van der Waals surface area contributed by atoms with Gasteiger partial charge in [-0.1, -0.05) is 58.3 Å². The van der Waals surface area contributed by atoms with Crippen molar-refractivity contribution in [2.75, 3.05) is 23.4 Å². The standard InChI is InChI=1S/C28H37N4O2/c1-3-4-5-6-7-8-9-10-11-22-31(2)25-16-12-23(13-17-25)29-30-24-14-18-26(19-15-24)32-27(33)20-21-28(32)34/h12-19H,1,3-11,20-22H2,2H3. The van der Waals surface area contributed by atoms with Crippen LogP contribution in [0.5, 0.6) is 0 Å². The molecule has 1 radical (unpaired) electrons. The van der Waals surface area contributed by atoms with Crippen LogP contribution in [-0.2, 0) is 9.59 Å². The van der Waals surface area contributed by atoms with Crippen LogP contribution < -0.4 is 9.80 Å². The predicted octanol–water partition coefficient (Wildman–Crippen LogP) is 7.54. The van der Waals surface area contributed by atoms with E-state index in [4.69, 9.17) is 0 Å². The van der Waals surface area contributed by atoms with Crippen molar-refractivity contribution < 1.29 is 9.59 Å². The molecule has 1 aliphatic heterocycles. The average molecular weight is 462 g/mol. The molecule has 0 spiro atoms. The third-order valence-electron chi connectivity index (χ3n) is 6.22. The maximum atomic E-state index is 11.9. The van der Waals surface area contributed by atoms with Gasteiger partial charge in [0.25, 0.3) is 0 Å². The molecule has 2 aromatic rings. The van der Waals surface area contributed by atoms with Gasteiger partial charge in [-0.15, -0.1) is 0 Å². The molecule has 1 heterocycles. The highest BCUT2D eigenvalue weighted by Crippen LogP contribution is 2.26. The summed E-state index contributed by atoms with van der Waals surface area (Å²) < 4.78 is 0. The molecule has 3 rings (SSSR count). The highest BCUT2D eigenvalue weighted by molar-refractivity contribution is 6.19. The fourth-order valence-electron chi connectivity index (χ4n) is 4.14. The van der Waals surface area contributed by atoms with E-state index in [2.05, 4.69) is 41.2 Å². The summed E-state index contributed by atoms with van der Waals surface area (Å²) >= 11 is 0. The minimum Gasteiger partial charge on any atom is -0.375 e. The van der Waals surface area contributed by atoms with Crippen LogP contribution >= 0.6 is 0 Å². The summed E-state index contributed by atoms with van der Waals surface area (Å²) in [5.41, 5.74) is 3.22. The Morgan fingerprint density at radius 1 is 0.735 bits per heavy atom. The smallest absolute Gasteiger partial charge is 0.234 e. The van der Waals surface area contributed by atoms with Crippen molar-refractivity contribution >= 4 is 34.6 Å². The molecule has 0 N–H and O–H groups in total. The zero-order chi connectivity index (χ0) is 24.2. The lowest BCUT2D eigenvalue weighted by Crippen LogP contribution is -2.28. The van der Waals surface area contributed by atoms with Gasteiger partial charge in [0.1, 0.15) is 0 Å². The van der Waals surface area contributed by atoms with Gasteiger partial charge >= 0.3 is 0 Å². The zero-order valence-corrected chi connectivity index (χ0v) is 20.4. The van der Waals surface area contributed by atoms with E-state index in [-0.39, 0.29) is 24.7 Å². The number of carbonyl (C=O) groups is 2. The lowest BCUT2D eigenvalue weighted by Gasteiger charge is -2.19. The van der Waals surface area contributed by atoms with Crippen molar-refractivity contribution in [3.05, 3.63) is 55.5 Å². The highest BCUT2D eigenvalue weighted by Gasteiger charge is 2.30. The van der Waals surface area contributed by atoms with Gasteiger partial charge in [0.05, 0.1) is 17.1 Å². The van der Waals surface area contributed by atoms with Crippen molar-refractivity contribution in [3.63, 3.8) is 0 Å². The summed E-state index contributed by atoms with van der Waals surface area (Å²) in [5, 5.41) is 8.59. The van der Waals surface area contributed by atoms with Crippen LogP contribution in [0.15, 0.2) is 58.8 Å². The summed E-state index contributed by atoms with van der Waals surface area (Å²) in [4.78, 5) is 27.2. The third-order valence-corrected chi connectivity index (χ3v) is 6.22. The number of anilines is 2. The summed E-state index contributed by atoms with van der Waals surface area (Å²) in [6.07, 6.45) is 12.1. The van der Waals surface area contributed by atoms with Gasteiger partial charge in [-0.2, -0.15) is 10.2 Å². The fraction of sp³-hybridized carbons (Fsp3) is 0.464. The molecule has 6 nitrogen and oxygen atoms in total. The van der Waals surface area contributed by atoms with E-state index in [1.165, 1.54) is 62.0 Å². The second-order valence-corrected chi connectivity index (χ2v) is 8.96. The van der Waals surface area contributed by atoms with Crippen LogP contribution in [-0.4, -0.2) is 25.4 Å². The zero-order valence-electron chi connectivity index (χ0n) is 20.4. The molecule has 2 aromatic carbocycles. The Labute approximate surface area is 204 Å². The number of imide groups is 1. The summed E-state index contributed by atoms with van der Waals surface area (Å²) in [6.45, 7) is 4.95. The number of nitrogens with zero attached hydrogens (tertiary/aromatic N) is 4. The van der Waals surface area contributed by atoms with Crippen LogP contribution in [0.25, 0.3) is 0 Å². The maximum absolute atomic E-state index is 11.9. The van der Waals surface area contributed by atoms with Crippen molar-refractivity contribution in [1.29, 1.82) is 0 Å². The molecule has 0 atom stereocenters. The Hall–Kier alpha value is -3.02. The Balaban J connectivity index is 1.40. The van der Waals surface area contributed by atoms with Crippen molar-refractivity contribution in [3.8, 4) is 0 Å². The van der Waals surface area contributed by atoms with E-state index in [9.17, 15) is 9.59 Å². The first-order chi connectivity index (χ1) is 16.6. The van der Waals surface area contributed by atoms with Crippen LogP contribution in [0.1, 0.15) is 70.6 Å². The largest absolute Gasteiger partial charge is 0.375 e. The Kier molecular flexibility index (Phi) is 10.3. The summed E-state index contributed by atoms with van der Waals surface area (Å²) in [7, 11) is 2.13. The van der Waals surface area contributed by atoms with Crippen LogP contribution in [0.3, 0.4) is 0 Å². The molecule has 0 bridgehead atoms. The molecule has 1 saturated heterocycles. The lowest BCUT2D eigenvalue weighted by atomic mass is 10.1. The van der Waals surface area contributed by atoms with E-state index in [1.807, 2.05) is 12.1 Å². The molecule has 2 amide bonds. The van der Waals surface area contributed by atoms with E-state index in [0.29, 0.717) is 11.4 Å². The molecule has 34 heavy (non-hydrogen) atoms. The van der Waals surface area contributed by atoms with Gasteiger partial charge in [0.2, 0.25) is 11.8 Å². The van der Waals surface area contributed by atoms with E-state index < -0.39 is 0 Å². The van der Waals surface area contributed by atoms with E-state index in [0.717, 1.165) is 18.7 Å². The number of rotatable bonds is 14. The fourth-order valence-corrected chi connectivity index (χ4v) is 4.14. The van der Waals surface area contributed by atoms with Gasteiger partial charge < -0.3 is 4.90 Å². The quantitative estimate of drug-likeness (QED) is 0.166. The molecule has 0 aromatic heterocycles. The van der Waals surface area contributed by atoms with Crippen molar-refractivity contribution in [2.24, 2.45) is 10.2 Å². The van der Waals surface area contributed by atoms with E-state index in [1.54, 1.807) is 24.3 Å². The Morgan fingerprint density at radius 2 is 1.21 bits per heavy atom. The molecule has 1 fully saturated rings. The average Bonchev–Trinajstić information content (AvgIpc) is 3.20. The Morgan fingerprint density at radius 3 is 1.74 bits per heavy atom. The number of benzene rings is 2. The number of carbonyl (C=O) groups excluding carboxylic acids is 2. The molecule has 6 heteroatoms. The third kappa shape index (κ3) is 7.79. The van der Waals surface area contributed by atoms with Gasteiger partial charge in [0.15, 0.2) is 0 Å². The molecular weight excluding hydrogens is 424 g/mol. The molecule has 0 unspecified atom stereocenters. The van der Waals surface area contributed by atoms with Gasteiger partial charge in [-0.3, -0.25) is 14.5 Å². The topological polar surface area (TPSA) is 65.3 Å². The SMILES string of the molecule is [CH2]CCCCCCCCCCN(C)c1ccc(N=Nc2ccc(N3C(=O)CCC3=O)cc2)cc1.